The molecular formula is C21H26N2O5. The largest absolute Gasteiger partial charge is 0.462 e. The van der Waals surface area contributed by atoms with Crippen molar-refractivity contribution < 1.29 is 23.8 Å². The van der Waals surface area contributed by atoms with Gasteiger partial charge in [-0.15, -0.1) is 0 Å². The van der Waals surface area contributed by atoms with Gasteiger partial charge in [0.05, 0.1) is 7.11 Å². The molecule has 0 aromatic heterocycles. The Balaban J connectivity index is 1.68. The number of hydrogen-bond donors (Lipinski definition) is 1. The maximum atomic E-state index is 11.8. The van der Waals surface area contributed by atoms with E-state index in [0.29, 0.717) is 17.2 Å². The summed E-state index contributed by atoms with van der Waals surface area (Å²) in [6, 6.07) is 12.6. The van der Waals surface area contributed by atoms with Gasteiger partial charge in [0.15, 0.2) is 0 Å². The molecule has 150 valence electrons. The average Bonchev–Trinajstić information content (AvgIpc) is 2.73. The fraction of sp³-hybridized carbons (Fsp3) is 0.381. The van der Waals surface area contributed by atoms with Gasteiger partial charge in [0.25, 0.3) is 0 Å². The molecule has 0 saturated carbocycles. The van der Waals surface area contributed by atoms with E-state index in [1.165, 1.54) is 14.2 Å². The second-order valence-electron chi connectivity index (χ2n) is 6.58. The molecule has 1 atom stereocenters. The topological polar surface area (TPSA) is 69.3 Å². The molecule has 2 amide bonds. The molecule has 1 unspecified atom stereocenters. The van der Waals surface area contributed by atoms with Gasteiger partial charge in [-0.2, -0.15) is 0 Å². The number of fused-ring (bicyclic) bond motifs is 1. The van der Waals surface area contributed by atoms with Crippen LogP contribution in [0.1, 0.15) is 25.3 Å². The molecule has 1 N–H and O–H groups in total. The smallest absolute Gasteiger partial charge is 0.345 e. The van der Waals surface area contributed by atoms with Gasteiger partial charge in [0.2, 0.25) is 5.79 Å². The van der Waals surface area contributed by atoms with Crippen molar-refractivity contribution in [1.82, 2.24) is 5.06 Å². The molecule has 1 aliphatic rings. The molecule has 0 aliphatic carbocycles. The zero-order chi connectivity index (χ0) is 20.1. The Morgan fingerprint density at radius 1 is 1.18 bits per heavy atom. The van der Waals surface area contributed by atoms with Crippen molar-refractivity contribution in [2.45, 2.75) is 32.0 Å². The molecule has 3 rings (SSSR count). The molecule has 0 bridgehead atoms. The van der Waals surface area contributed by atoms with Crippen LogP contribution in [-0.4, -0.2) is 38.1 Å². The number of nitrogens with one attached hydrogen (secondary N) is 1. The maximum Gasteiger partial charge on any atom is 0.345 e. The van der Waals surface area contributed by atoms with Crippen molar-refractivity contribution >= 4 is 11.7 Å². The molecule has 1 aliphatic heterocycles. The van der Waals surface area contributed by atoms with Crippen LogP contribution in [0.25, 0.3) is 0 Å². The summed E-state index contributed by atoms with van der Waals surface area (Å²) in [6.45, 7) is 2.06. The molecule has 0 fully saturated rings. The Bertz CT molecular complexity index is 818. The van der Waals surface area contributed by atoms with Gasteiger partial charge in [-0.1, -0.05) is 13.0 Å². The lowest BCUT2D eigenvalue weighted by molar-refractivity contribution is -0.176. The number of carbonyl (C=O) groups is 1. The first kappa shape index (κ1) is 20.0. The summed E-state index contributed by atoms with van der Waals surface area (Å²) in [4.78, 5) is 16.6. The van der Waals surface area contributed by atoms with Crippen molar-refractivity contribution in [1.29, 1.82) is 0 Å². The van der Waals surface area contributed by atoms with Crippen molar-refractivity contribution in [2.75, 3.05) is 26.6 Å². The maximum absolute atomic E-state index is 11.8. The Kier molecular flexibility index (Phi) is 6.06. The molecule has 1 heterocycles. The highest BCUT2D eigenvalue weighted by atomic mass is 16.7. The summed E-state index contributed by atoms with van der Waals surface area (Å²) >= 11 is 0. The minimum atomic E-state index is -0.569. The molecule has 7 heteroatoms. The van der Waals surface area contributed by atoms with E-state index in [2.05, 4.69) is 12.2 Å². The molecule has 0 saturated heterocycles. The number of aryl methyl sites for hydroxylation is 1. The normalized spacial score (nSPS) is 18.0. The molecule has 28 heavy (non-hydrogen) atoms. The Morgan fingerprint density at radius 3 is 2.54 bits per heavy atom. The summed E-state index contributed by atoms with van der Waals surface area (Å²) in [7, 11) is 4.64. The number of ether oxygens (including phenoxy) is 3. The summed E-state index contributed by atoms with van der Waals surface area (Å²) < 4.78 is 17.7. The van der Waals surface area contributed by atoms with E-state index in [1.807, 2.05) is 18.2 Å². The quantitative estimate of drug-likeness (QED) is 0.736. The van der Waals surface area contributed by atoms with E-state index in [-0.39, 0.29) is 6.03 Å². The van der Waals surface area contributed by atoms with Crippen molar-refractivity contribution in [3.8, 4) is 17.2 Å². The van der Waals surface area contributed by atoms with Crippen LogP contribution < -0.4 is 14.8 Å². The first-order chi connectivity index (χ1) is 13.5. The predicted octanol–water partition coefficient (Wildman–Crippen LogP) is 4.58. The van der Waals surface area contributed by atoms with Crippen LogP contribution in [-0.2, 0) is 16.0 Å². The first-order valence-corrected chi connectivity index (χ1v) is 9.22. The lowest BCUT2D eigenvalue weighted by atomic mass is 9.98. The minimum absolute atomic E-state index is 0.361. The van der Waals surface area contributed by atoms with E-state index in [1.54, 1.807) is 31.4 Å². The highest BCUT2D eigenvalue weighted by molar-refractivity contribution is 5.88. The number of rotatable bonds is 6. The van der Waals surface area contributed by atoms with Crippen molar-refractivity contribution in [2.24, 2.45) is 0 Å². The fourth-order valence-electron chi connectivity index (χ4n) is 3.04. The number of methoxy groups -OCH3 is 1. The van der Waals surface area contributed by atoms with Crippen LogP contribution >= 0.6 is 0 Å². The third-order valence-corrected chi connectivity index (χ3v) is 4.92. The van der Waals surface area contributed by atoms with Crippen LogP contribution in [0.4, 0.5) is 10.5 Å². The average molecular weight is 386 g/mol. The molecule has 2 aromatic carbocycles. The third-order valence-electron chi connectivity index (χ3n) is 4.92. The standard InChI is InChI=1S/C21H26N2O5/c1-5-21(25-3)13-12-15-6-9-18(14-19(15)28-21)27-17-10-7-16(8-11-17)22-20(24)23(2)26-4/h6-11,14H,5,12-13H2,1-4H3,(H,22,24). The summed E-state index contributed by atoms with van der Waals surface area (Å²) in [5, 5.41) is 3.82. The number of hydroxylamine groups is 2. The Labute approximate surface area is 165 Å². The van der Waals surface area contributed by atoms with E-state index in [4.69, 9.17) is 19.0 Å². The monoisotopic (exact) mass is 386 g/mol. The number of amides is 2. The van der Waals surface area contributed by atoms with E-state index >= 15 is 0 Å². The van der Waals surface area contributed by atoms with Gasteiger partial charge < -0.3 is 19.5 Å². The fourth-order valence-corrected chi connectivity index (χ4v) is 3.04. The van der Waals surface area contributed by atoms with Crippen LogP contribution in [0.3, 0.4) is 0 Å². The second kappa shape index (κ2) is 8.50. The van der Waals surface area contributed by atoms with E-state index in [0.717, 1.165) is 35.6 Å². The number of benzene rings is 2. The van der Waals surface area contributed by atoms with E-state index < -0.39 is 5.79 Å². The molecule has 0 radical (unpaired) electrons. The summed E-state index contributed by atoms with van der Waals surface area (Å²) in [5.74, 6) is 1.56. The van der Waals surface area contributed by atoms with Gasteiger partial charge >= 0.3 is 6.03 Å². The molecule has 0 spiro atoms. The number of urea groups is 1. The highest BCUT2D eigenvalue weighted by Gasteiger charge is 2.34. The lowest BCUT2D eigenvalue weighted by Crippen LogP contribution is -2.40. The van der Waals surface area contributed by atoms with Crippen LogP contribution in [0.2, 0.25) is 0 Å². The number of carbonyl (C=O) groups excluding carboxylic acids is 1. The zero-order valence-electron chi connectivity index (χ0n) is 16.7. The molecular weight excluding hydrogens is 360 g/mol. The van der Waals surface area contributed by atoms with Gasteiger partial charge in [-0.3, -0.25) is 4.84 Å². The van der Waals surface area contributed by atoms with Gasteiger partial charge in [-0.25, -0.2) is 9.86 Å². The third kappa shape index (κ3) is 4.37. The number of hydrogen-bond acceptors (Lipinski definition) is 5. The summed E-state index contributed by atoms with van der Waals surface area (Å²) in [6.07, 6.45) is 2.51. The van der Waals surface area contributed by atoms with Gasteiger partial charge in [0, 0.05) is 38.8 Å². The minimum Gasteiger partial charge on any atom is -0.462 e. The van der Waals surface area contributed by atoms with Crippen LogP contribution in [0, 0.1) is 0 Å². The van der Waals surface area contributed by atoms with Gasteiger partial charge in [-0.05, 0) is 42.3 Å². The predicted molar refractivity (Wildman–Crippen MR) is 106 cm³/mol. The first-order valence-electron chi connectivity index (χ1n) is 9.22. The Hall–Kier alpha value is -2.77. The Morgan fingerprint density at radius 2 is 1.89 bits per heavy atom. The summed E-state index contributed by atoms with van der Waals surface area (Å²) in [5.41, 5.74) is 1.79. The SMILES string of the molecule is CCC1(OC)CCc2ccc(Oc3ccc(NC(=O)N(C)OC)cc3)cc2O1. The second-order valence-corrected chi connectivity index (χ2v) is 6.58. The number of anilines is 1. The molecule has 7 nitrogen and oxygen atoms in total. The number of nitrogens with zero attached hydrogens (tertiary/aromatic N) is 1. The lowest BCUT2D eigenvalue weighted by Gasteiger charge is -2.36. The van der Waals surface area contributed by atoms with Crippen molar-refractivity contribution in [3.63, 3.8) is 0 Å². The van der Waals surface area contributed by atoms with Gasteiger partial charge in [0.1, 0.15) is 17.2 Å². The molecule has 2 aromatic rings. The van der Waals surface area contributed by atoms with Crippen molar-refractivity contribution in [3.05, 3.63) is 48.0 Å². The van der Waals surface area contributed by atoms with Crippen LogP contribution in [0.5, 0.6) is 17.2 Å². The van der Waals surface area contributed by atoms with E-state index in [9.17, 15) is 4.79 Å². The highest BCUT2D eigenvalue weighted by Crippen LogP contribution is 2.38. The zero-order valence-corrected chi connectivity index (χ0v) is 16.7. The van der Waals surface area contributed by atoms with Crippen LogP contribution in [0.15, 0.2) is 42.5 Å².